The van der Waals surface area contributed by atoms with E-state index in [-0.39, 0.29) is 35.9 Å². The predicted molar refractivity (Wildman–Crippen MR) is 127 cm³/mol. The second-order valence-corrected chi connectivity index (χ2v) is 7.17. The minimum Gasteiger partial charge on any atom is -0.361 e. The van der Waals surface area contributed by atoms with E-state index in [1.165, 1.54) is 22.0 Å². The molecule has 0 aliphatic carbocycles. The van der Waals surface area contributed by atoms with Gasteiger partial charge in [0.2, 0.25) is 5.91 Å². The number of fused-ring (bicyclic) bond motifs is 1. The number of hydrogen-bond acceptors (Lipinski definition) is 2. The number of aromatic amines is 1. The second kappa shape index (κ2) is 10.7. The molecule has 2 aromatic rings. The lowest BCUT2D eigenvalue weighted by atomic mass is 10.1. The van der Waals surface area contributed by atoms with E-state index in [1.54, 1.807) is 4.90 Å². The first kappa shape index (κ1) is 22.5. The summed E-state index contributed by atoms with van der Waals surface area (Å²) in [7, 11) is 1.86. The molecule has 1 fully saturated rings. The van der Waals surface area contributed by atoms with Gasteiger partial charge in [-0.2, -0.15) is 0 Å². The number of nitrogens with zero attached hydrogens (tertiary/aromatic N) is 2. The Hall–Kier alpha value is -1.77. The maximum atomic E-state index is 11.7. The molecule has 1 unspecified atom stereocenters. The van der Waals surface area contributed by atoms with Crippen LogP contribution in [0.15, 0.2) is 29.4 Å². The largest absolute Gasteiger partial charge is 0.361 e. The molecule has 1 aliphatic rings. The number of likely N-dealkylation sites (N-methyl/N-ethyl adjacent to an activating group) is 1. The fraction of sp³-hybridized carbons (Fsp3) is 0.524. The van der Waals surface area contributed by atoms with E-state index in [2.05, 4.69) is 53.9 Å². The van der Waals surface area contributed by atoms with Gasteiger partial charge in [-0.05, 0) is 37.3 Å². The van der Waals surface area contributed by atoms with Crippen molar-refractivity contribution in [3.63, 3.8) is 0 Å². The van der Waals surface area contributed by atoms with Crippen molar-refractivity contribution in [3.8, 4) is 0 Å². The van der Waals surface area contributed by atoms with Crippen LogP contribution in [-0.2, 0) is 17.6 Å². The fourth-order valence-electron chi connectivity index (χ4n) is 3.71. The third-order valence-electron chi connectivity index (χ3n) is 5.23. The number of benzene rings is 1. The van der Waals surface area contributed by atoms with Crippen LogP contribution < -0.4 is 10.6 Å². The van der Waals surface area contributed by atoms with Gasteiger partial charge in [-0.3, -0.25) is 9.79 Å². The van der Waals surface area contributed by atoms with Crippen molar-refractivity contribution >= 4 is 46.7 Å². The number of carbonyl (C=O) groups excluding carboxylic acids is 1. The molecule has 0 bridgehead atoms. The van der Waals surface area contributed by atoms with Crippen molar-refractivity contribution in [2.75, 3.05) is 26.7 Å². The second-order valence-electron chi connectivity index (χ2n) is 7.17. The summed E-state index contributed by atoms with van der Waals surface area (Å²) >= 11 is 0. The third kappa shape index (κ3) is 5.40. The number of aliphatic imine (C=N–C) groups is 1. The molecule has 2 heterocycles. The molecular formula is C21H32IN5O. The Morgan fingerprint density at radius 2 is 2.14 bits per heavy atom. The number of piperidine rings is 1. The number of para-hydroxylation sites is 1. The zero-order valence-electron chi connectivity index (χ0n) is 17.0. The zero-order valence-corrected chi connectivity index (χ0v) is 19.4. The number of amides is 1. The standard InChI is InChI=1S/C21H31N5O.HI/c1-4-15-7-6-8-18-16(13-24-20(15)18)11-12-23-21(22-5-2)25-17-9-10-19(27)26(3)14-17;/h6-8,13,17,24H,4-5,9-12,14H2,1-3H3,(H2,22,23,25);1H. The Labute approximate surface area is 184 Å². The summed E-state index contributed by atoms with van der Waals surface area (Å²) in [6.07, 6.45) is 5.50. The average Bonchev–Trinajstić information content (AvgIpc) is 3.08. The minimum atomic E-state index is 0. The molecule has 28 heavy (non-hydrogen) atoms. The molecule has 3 rings (SSSR count). The van der Waals surface area contributed by atoms with Gasteiger partial charge in [0.05, 0.1) is 0 Å². The highest BCUT2D eigenvalue weighted by Crippen LogP contribution is 2.22. The van der Waals surface area contributed by atoms with Crippen LogP contribution in [-0.4, -0.2) is 54.5 Å². The lowest BCUT2D eigenvalue weighted by Gasteiger charge is -2.31. The third-order valence-corrected chi connectivity index (χ3v) is 5.23. The highest BCUT2D eigenvalue weighted by molar-refractivity contribution is 14.0. The van der Waals surface area contributed by atoms with Gasteiger partial charge in [0.15, 0.2) is 5.96 Å². The Kier molecular flexibility index (Phi) is 8.59. The number of hydrogen-bond donors (Lipinski definition) is 3. The van der Waals surface area contributed by atoms with E-state index in [1.807, 2.05) is 7.05 Å². The monoisotopic (exact) mass is 497 g/mol. The van der Waals surface area contributed by atoms with E-state index in [0.717, 1.165) is 44.9 Å². The van der Waals surface area contributed by atoms with Crippen LogP contribution in [0.3, 0.4) is 0 Å². The number of likely N-dealkylation sites (tertiary alicyclic amines) is 1. The highest BCUT2D eigenvalue weighted by atomic mass is 127. The summed E-state index contributed by atoms with van der Waals surface area (Å²) in [5.41, 5.74) is 3.91. The van der Waals surface area contributed by atoms with E-state index in [9.17, 15) is 4.79 Å². The topological polar surface area (TPSA) is 72.5 Å². The first-order chi connectivity index (χ1) is 13.1. The van der Waals surface area contributed by atoms with Gasteiger partial charge in [-0.25, -0.2) is 0 Å². The van der Waals surface area contributed by atoms with Gasteiger partial charge in [0.25, 0.3) is 0 Å². The van der Waals surface area contributed by atoms with Crippen molar-refractivity contribution in [2.45, 2.75) is 45.6 Å². The molecule has 1 saturated heterocycles. The lowest BCUT2D eigenvalue weighted by molar-refractivity contribution is -0.132. The number of nitrogens with one attached hydrogen (secondary N) is 3. The highest BCUT2D eigenvalue weighted by Gasteiger charge is 2.23. The number of H-pyrrole nitrogens is 1. The van der Waals surface area contributed by atoms with E-state index < -0.39 is 0 Å². The van der Waals surface area contributed by atoms with Crippen LogP contribution in [0.2, 0.25) is 0 Å². The van der Waals surface area contributed by atoms with Crippen LogP contribution >= 0.6 is 24.0 Å². The summed E-state index contributed by atoms with van der Waals surface area (Å²) < 4.78 is 0. The maximum absolute atomic E-state index is 11.7. The van der Waals surface area contributed by atoms with E-state index in [4.69, 9.17) is 4.99 Å². The summed E-state index contributed by atoms with van der Waals surface area (Å²) in [5.74, 6) is 1.06. The molecular weight excluding hydrogens is 465 g/mol. The molecule has 1 aliphatic heterocycles. The van der Waals surface area contributed by atoms with Crippen molar-refractivity contribution in [2.24, 2.45) is 4.99 Å². The van der Waals surface area contributed by atoms with E-state index in [0.29, 0.717) is 6.42 Å². The molecule has 0 radical (unpaired) electrons. The van der Waals surface area contributed by atoms with Gasteiger partial charge in [-0.15, -0.1) is 24.0 Å². The zero-order chi connectivity index (χ0) is 19.2. The molecule has 154 valence electrons. The Bertz CT molecular complexity index is 816. The number of carbonyl (C=O) groups is 1. The first-order valence-corrected chi connectivity index (χ1v) is 9.99. The molecule has 3 N–H and O–H groups in total. The number of halogens is 1. The van der Waals surface area contributed by atoms with E-state index >= 15 is 0 Å². The smallest absolute Gasteiger partial charge is 0.222 e. The fourth-order valence-corrected chi connectivity index (χ4v) is 3.71. The SMILES string of the molecule is CCNC(=NCCc1c[nH]c2c(CC)cccc12)NC1CCC(=O)N(C)C1.I. The number of rotatable bonds is 6. The summed E-state index contributed by atoms with van der Waals surface area (Å²) in [4.78, 5) is 21.6. The Morgan fingerprint density at radius 1 is 1.32 bits per heavy atom. The molecule has 1 atom stereocenters. The van der Waals surface area contributed by atoms with Crippen LogP contribution in [0, 0.1) is 0 Å². The number of aryl methyl sites for hydroxylation is 1. The average molecular weight is 497 g/mol. The Balaban J connectivity index is 0.00000280. The summed E-state index contributed by atoms with van der Waals surface area (Å²) in [6.45, 7) is 6.52. The molecule has 6 nitrogen and oxygen atoms in total. The summed E-state index contributed by atoms with van der Waals surface area (Å²) in [5, 5.41) is 8.10. The Morgan fingerprint density at radius 3 is 2.86 bits per heavy atom. The molecule has 1 amide bonds. The number of aromatic nitrogens is 1. The van der Waals surface area contributed by atoms with Crippen molar-refractivity contribution < 1.29 is 4.79 Å². The molecule has 0 saturated carbocycles. The quantitative estimate of drug-likeness (QED) is 0.327. The predicted octanol–water partition coefficient (Wildman–Crippen LogP) is 3.07. The van der Waals surface area contributed by atoms with Crippen LogP contribution in [0.25, 0.3) is 10.9 Å². The van der Waals surface area contributed by atoms with Gasteiger partial charge in [-0.1, -0.05) is 25.1 Å². The first-order valence-electron chi connectivity index (χ1n) is 9.99. The molecule has 7 heteroatoms. The van der Waals surface area contributed by atoms with Crippen LogP contribution in [0.4, 0.5) is 0 Å². The molecule has 0 spiro atoms. The van der Waals surface area contributed by atoms with Crippen molar-refractivity contribution in [1.29, 1.82) is 0 Å². The van der Waals surface area contributed by atoms with Crippen molar-refractivity contribution in [1.82, 2.24) is 20.5 Å². The molecule has 1 aromatic carbocycles. The van der Waals surface area contributed by atoms with Gasteiger partial charge in [0.1, 0.15) is 0 Å². The summed E-state index contributed by atoms with van der Waals surface area (Å²) in [6, 6.07) is 6.75. The van der Waals surface area contributed by atoms with Crippen LogP contribution in [0.5, 0.6) is 0 Å². The minimum absolute atomic E-state index is 0. The lowest BCUT2D eigenvalue weighted by Crippen LogP contribution is -2.51. The maximum Gasteiger partial charge on any atom is 0.222 e. The van der Waals surface area contributed by atoms with Gasteiger partial charge >= 0.3 is 0 Å². The normalized spacial score (nSPS) is 17.5. The van der Waals surface area contributed by atoms with Crippen LogP contribution in [0.1, 0.15) is 37.8 Å². The number of guanidine groups is 1. The molecule has 1 aromatic heterocycles. The van der Waals surface area contributed by atoms with Gasteiger partial charge in [0, 0.05) is 56.2 Å². The van der Waals surface area contributed by atoms with Crippen molar-refractivity contribution in [3.05, 3.63) is 35.5 Å². The van der Waals surface area contributed by atoms with Gasteiger partial charge < -0.3 is 20.5 Å².